The van der Waals surface area contributed by atoms with Crippen molar-refractivity contribution in [3.8, 4) is 28.4 Å². The molecular formula is C24H20N6O5. The Morgan fingerprint density at radius 1 is 0.943 bits per heavy atom. The number of pyridine rings is 1. The molecule has 35 heavy (non-hydrogen) atoms. The number of fused-ring (bicyclic) bond motifs is 3. The fourth-order valence-electron chi connectivity index (χ4n) is 3.79. The summed E-state index contributed by atoms with van der Waals surface area (Å²) in [6.45, 7) is 0. The second-order valence-corrected chi connectivity index (χ2v) is 7.44. The van der Waals surface area contributed by atoms with Crippen LogP contribution in [-0.4, -0.2) is 51.7 Å². The van der Waals surface area contributed by atoms with Crippen molar-refractivity contribution in [1.82, 2.24) is 24.5 Å². The van der Waals surface area contributed by atoms with E-state index in [-0.39, 0.29) is 11.1 Å². The standard InChI is InChI=1S/C24H20N6O5/c1-33-18-11-15(12-19(34-2)21(18)35-3)23(31)28-29-10-9-17-20(24(29)32)26-27-22-16(13-25-30(17)22)14-7-5-4-6-8-14/h4-13H,1-3H3,(H,28,31). The van der Waals surface area contributed by atoms with Crippen molar-refractivity contribution in [3.05, 3.63) is 76.8 Å². The van der Waals surface area contributed by atoms with E-state index in [0.29, 0.717) is 28.4 Å². The molecular weight excluding hydrogens is 452 g/mol. The monoisotopic (exact) mass is 472 g/mol. The number of methoxy groups -OCH3 is 3. The van der Waals surface area contributed by atoms with Gasteiger partial charge in [-0.15, -0.1) is 10.2 Å². The molecule has 11 nitrogen and oxygen atoms in total. The van der Waals surface area contributed by atoms with Gasteiger partial charge in [0, 0.05) is 17.3 Å². The summed E-state index contributed by atoms with van der Waals surface area (Å²) in [7, 11) is 4.37. The van der Waals surface area contributed by atoms with Crippen LogP contribution in [0.1, 0.15) is 10.4 Å². The van der Waals surface area contributed by atoms with Crippen LogP contribution >= 0.6 is 0 Å². The molecule has 0 atom stereocenters. The number of benzene rings is 2. The zero-order chi connectivity index (χ0) is 24.5. The number of rotatable bonds is 6. The zero-order valence-corrected chi connectivity index (χ0v) is 19.1. The molecule has 11 heteroatoms. The lowest BCUT2D eigenvalue weighted by Crippen LogP contribution is -2.33. The van der Waals surface area contributed by atoms with E-state index in [9.17, 15) is 9.59 Å². The molecule has 3 heterocycles. The van der Waals surface area contributed by atoms with Crippen molar-refractivity contribution in [1.29, 1.82) is 0 Å². The average Bonchev–Trinajstić information content (AvgIpc) is 3.34. The first-order valence-electron chi connectivity index (χ1n) is 10.5. The van der Waals surface area contributed by atoms with Gasteiger partial charge < -0.3 is 14.2 Å². The van der Waals surface area contributed by atoms with Gasteiger partial charge in [-0.1, -0.05) is 30.3 Å². The Hall–Kier alpha value is -4.93. The van der Waals surface area contributed by atoms with Crippen LogP contribution in [0.15, 0.2) is 65.7 Å². The normalized spacial score (nSPS) is 10.9. The summed E-state index contributed by atoms with van der Waals surface area (Å²) in [5, 5.41) is 12.8. The van der Waals surface area contributed by atoms with Gasteiger partial charge in [-0.2, -0.15) is 5.10 Å². The molecule has 0 saturated heterocycles. The van der Waals surface area contributed by atoms with Gasteiger partial charge in [0.05, 0.1) is 27.5 Å². The van der Waals surface area contributed by atoms with Crippen molar-refractivity contribution in [2.45, 2.75) is 0 Å². The molecule has 2 aromatic carbocycles. The van der Waals surface area contributed by atoms with Crippen LogP contribution in [-0.2, 0) is 0 Å². The fourth-order valence-corrected chi connectivity index (χ4v) is 3.79. The molecule has 0 bridgehead atoms. The van der Waals surface area contributed by atoms with Gasteiger partial charge in [0.2, 0.25) is 5.75 Å². The Morgan fingerprint density at radius 3 is 2.31 bits per heavy atom. The molecule has 5 rings (SSSR count). The number of carbonyl (C=O) groups excluding carboxylic acids is 1. The highest BCUT2D eigenvalue weighted by atomic mass is 16.5. The molecule has 176 valence electrons. The number of nitrogens with one attached hydrogen (secondary N) is 1. The smallest absolute Gasteiger partial charge is 0.299 e. The number of amides is 1. The van der Waals surface area contributed by atoms with Gasteiger partial charge >= 0.3 is 0 Å². The minimum Gasteiger partial charge on any atom is -0.493 e. The SMILES string of the molecule is COc1cc(C(=O)Nn2ccc3c(nnc4c(-c5ccccc5)cnn43)c2=O)cc(OC)c1OC. The van der Waals surface area contributed by atoms with E-state index >= 15 is 0 Å². The highest BCUT2D eigenvalue weighted by molar-refractivity contribution is 6.01. The number of hydrogen-bond acceptors (Lipinski definition) is 8. The quantitative estimate of drug-likeness (QED) is 0.400. The molecule has 0 aliphatic rings. The van der Waals surface area contributed by atoms with Gasteiger partial charge in [0.1, 0.15) is 5.52 Å². The number of ether oxygens (including phenoxy) is 3. The second-order valence-electron chi connectivity index (χ2n) is 7.44. The van der Waals surface area contributed by atoms with E-state index in [1.165, 1.54) is 39.7 Å². The maximum Gasteiger partial charge on any atom is 0.299 e. The predicted molar refractivity (Wildman–Crippen MR) is 128 cm³/mol. The van der Waals surface area contributed by atoms with E-state index < -0.39 is 11.5 Å². The third kappa shape index (κ3) is 3.68. The van der Waals surface area contributed by atoms with Crippen molar-refractivity contribution >= 4 is 22.6 Å². The van der Waals surface area contributed by atoms with E-state index in [1.807, 2.05) is 30.3 Å². The highest BCUT2D eigenvalue weighted by Gasteiger charge is 2.19. The summed E-state index contributed by atoms with van der Waals surface area (Å²) < 4.78 is 18.5. The summed E-state index contributed by atoms with van der Waals surface area (Å²) in [4.78, 5) is 26.0. The van der Waals surface area contributed by atoms with Crippen LogP contribution in [0.3, 0.4) is 0 Å². The Kier molecular flexibility index (Phi) is 5.49. The summed E-state index contributed by atoms with van der Waals surface area (Å²) in [5.74, 6) is 0.404. The fraction of sp³-hybridized carbons (Fsp3) is 0.125. The Balaban J connectivity index is 1.53. The van der Waals surface area contributed by atoms with Crippen LogP contribution in [0.5, 0.6) is 17.2 Å². The number of carbonyl (C=O) groups is 1. The van der Waals surface area contributed by atoms with Crippen molar-refractivity contribution < 1.29 is 19.0 Å². The Bertz CT molecular complexity index is 1600. The summed E-state index contributed by atoms with van der Waals surface area (Å²) in [6.07, 6.45) is 3.11. The third-order valence-corrected chi connectivity index (χ3v) is 5.50. The van der Waals surface area contributed by atoms with Crippen LogP contribution in [0.2, 0.25) is 0 Å². The van der Waals surface area contributed by atoms with E-state index in [2.05, 4.69) is 20.7 Å². The van der Waals surface area contributed by atoms with Crippen LogP contribution in [0, 0.1) is 0 Å². The predicted octanol–water partition coefficient (Wildman–Crippen LogP) is 2.52. The minimum absolute atomic E-state index is 0.0490. The van der Waals surface area contributed by atoms with Crippen molar-refractivity contribution in [3.63, 3.8) is 0 Å². The zero-order valence-electron chi connectivity index (χ0n) is 19.1. The lowest BCUT2D eigenvalue weighted by Gasteiger charge is -2.14. The first-order valence-corrected chi connectivity index (χ1v) is 10.5. The molecule has 0 saturated carbocycles. The van der Waals surface area contributed by atoms with E-state index in [1.54, 1.807) is 16.8 Å². The van der Waals surface area contributed by atoms with Gasteiger partial charge in [-0.3, -0.25) is 15.0 Å². The van der Waals surface area contributed by atoms with Crippen LogP contribution in [0.25, 0.3) is 27.8 Å². The van der Waals surface area contributed by atoms with Gasteiger partial charge in [0.25, 0.3) is 11.5 Å². The second kappa shape index (κ2) is 8.78. The topological polar surface area (TPSA) is 122 Å². The van der Waals surface area contributed by atoms with Crippen LogP contribution < -0.4 is 25.2 Å². The van der Waals surface area contributed by atoms with Gasteiger partial charge in [-0.25, -0.2) is 9.19 Å². The average molecular weight is 472 g/mol. The molecule has 0 spiro atoms. The molecule has 1 N–H and O–H groups in total. The lowest BCUT2D eigenvalue weighted by molar-refractivity contribution is 0.101. The Morgan fingerprint density at radius 2 is 1.66 bits per heavy atom. The summed E-state index contributed by atoms with van der Waals surface area (Å²) >= 11 is 0. The van der Waals surface area contributed by atoms with Crippen LogP contribution in [0.4, 0.5) is 0 Å². The molecule has 0 aliphatic carbocycles. The van der Waals surface area contributed by atoms with Crippen molar-refractivity contribution in [2.75, 3.05) is 26.8 Å². The third-order valence-electron chi connectivity index (χ3n) is 5.50. The molecule has 5 aromatic rings. The first-order chi connectivity index (χ1) is 17.0. The first kappa shape index (κ1) is 21.9. The number of nitrogens with zero attached hydrogens (tertiary/aromatic N) is 5. The number of aromatic nitrogens is 5. The molecule has 0 radical (unpaired) electrons. The lowest BCUT2D eigenvalue weighted by atomic mass is 10.1. The van der Waals surface area contributed by atoms with Gasteiger partial charge in [-0.05, 0) is 23.8 Å². The molecule has 0 unspecified atom stereocenters. The molecule has 0 fully saturated rings. The van der Waals surface area contributed by atoms with E-state index in [4.69, 9.17) is 14.2 Å². The Labute approximate surface area is 198 Å². The molecule has 0 aliphatic heterocycles. The maximum absolute atomic E-state index is 13.1. The van der Waals surface area contributed by atoms with Gasteiger partial charge in [0.15, 0.2) is 22.7 Å². The summed E-state index contributed by atoms with van der Waals surface area (Å²) in [5.41, 5.74) is 4.94. The van der Waals surface area contributed by atoms with E-state index in [0.717, 1.165) is 15.8 Å². The number of hydrogen-bond donors (Lipinski definition) is 1. The van der Waals surface area contributed by atoms with Crippen molar-refractivity contribution in [2.24, 2.45) is 0 Å². The highest BCUT2D eigenvalue weighted by Crippen LogP contribution is 2.38. The largest absolute Gasteiger partial charge is 0.493 e. The summed E-state index contributed by atoms with van der Waals surface area (Å²) in [6, 6.07) is 14.3. The minimum atomic E-state index is -0.565. The maximum atomic E-state index is 13.1. The molecule has 1 amide bonds. The molecule has 3 aromatic heterocycles.